The third kappa shape index (κ3) is 3.39. The van der Waals surface area contributed by atoms with E-state index in [1.807, 2.05) is 0 Å². The number of hydrogen-bond acceptors (Lipinski definition) is 0. The Morgan fingerprint density at radius 3 is 2.67 bits per heavy atom. The van der Waals surface area contributed by atoms with Crippen LogP contribution >= 0.6 is 0 Å². The van der Waals surface area contributed by atoms with Crippen LogP contribution in [-0.4, -0.2) is 8.80 Å². The molecule has 15 heavy (non-hydrogen) atoms. The van der Waals surface area contributed by atoms with Crippen molar-refractivity contribution in [2.45, 2.75) is 50.7 Å². The highest BCUT2D eigenvalue weighted by Gasteiger charge is 2.29. The highest BCUT2D eigenvalue weighted by molar-refractivity contribution is 6.61. The van der Waals surface area contributed by atoms with E-state index in [4.69, 9.17) is 0 Å². The van der Waals surface area contributed by atoms with Crippen LogP contribution in [0.5, 0.6) is 0 Å². The molecule has 0 bridgehead atoms. The van der Waals surface area contributed by atoms with Gasteiger partial charge in [-0.3, -0.25) is 0 Å². The van der Waals surface area contributed by atoms with Gasteiger partial charge in [0, 0.05) is 11.5 Å². The van der Waals surface area contributed by atoms with Gasteiger partial charge in [-0.15, -0.1) is 5.92 Å². The average molecular weight is 218 g/mol. The van der Waals surface area contributed by atoms with Gasteiger partial charge in [0.25, 0.3) is 0 Å². The third-order valence-corrected chi connectivity index (χ3v) is 5.74. The van der Waals surface area contributed by atoms with Gasteiger partial charge < -0.3 is 0 Å². The van der Waals surface area contributed by atoms with E-state index in [1.165, 1.54) is 12.8 Å². The fourth-order valence-electron chi connectivity index (χ4n) is 1.79. The molecule has 0 amide bonds. The molecule has 0 spiro atoms. The summed E-state index contributed by atoms with van der Waals surface area (Å²) < 4.78 is 0. The maximum absolute atomic E-state index is 3.54. The minimum Gasteiger partial charge on any atom is -0.103 e. The van der Waals surface area contributed by atoms with Gasteiger partial charge in [-0.1, -0.05) is 56.7 Å². The third-order valence-electron chi connectivity index (χ3n) is 3.10. The minimum atomic E-state index is -0.751. The molecule has 1 heteroatoms. The first kappa shape index (κ1) is 12.3. The molecular formula is C14H22Si. The second kappa shape index (κ2) is 5.98. The SMILES string of the molecule is CCCCC#CC1([SiH](C)C)C=CC=CC1. The predicted octanol–water partition coefficient (Wildman–Crippen LogP) is 3.92. The Morgan fingerprint density at radius 1 is 1.33 bits per heavy atom. The topological polar surface area (TPSA) is 0 Å². The van der Waals surface area contributed by atoms with E-state index >= 15 is 0 Å². The minimum absolute atomic E-state index is 0.239. The molecule has 0 saturated heterocycles. The molecule has 0 fully saturated rings. The van der Waals surface area contributed by atoms with Crippen LogP contribution in [0.1, 0.15) is 32.6 Å². The molecule has 82 valence electrons. The van der Waals surface area contributed by atoms with Gasteiger partial charge >= 0.3 is 0 Å². The molecule has 0 N–H and O–H groups in total. The smallest absolute Gasteiger partial charge is 0.0574 e. The van der Waals surface area contributed by atoms with Crippen molar-refractivity contribution < 1.29 is 0 Å². The molecule has 0 saturated carbocycles. The van der Waals surface area contributed by atoms with E-state index in [1.54, 1.807) is 0 Å². The van der Waals surface area contributed by atoms with Gasteiger partial charge in [0.15, 0.2) is 0 Å². The molecule has 1 atom stereocenters. The lowest BCUT2D eigenvalue weighted by Crippen LogP contribution is -2.24. The summed E-state index contributed by atoms with van der Waals surface area (Å²) in [6.07, 6.45) is 13.6. The second-order valence-corrected chi connectivity index (χ2v) is 7.93. The number of rotatable bonds is 3. The molecule has 1 aliphatic rings. The van der Waals surface area contributed by atoms with Crippen LogP contribution in [0.4, 0.5) is 0 Å². The summed E-state index contributed by atoms with van der Waals surface area (Å²) in [5, 5.41) is 0.239. The van der Waals surface area contributed by atoms with Crippen molar-refractivity contribution in [2.75, 3.05) is 0 Å². The first-order chi connectivity index (χ1) is 7.21. The van der Waals surface area contributed by atoms with Crippen LogP contribution in [0, 0.1) is 11.8 Å². The monoisotopic (exact) mass is 218 g/mol. The van der Waals surface area contributed by atoms with Crippen LogP contribution < -0.4 is 0 Å². The molecule has 0 aliphatic heterocycles. The van der Waals surface area contributed by atoms with Gasteiger partial charge in [0.2, 0.25) is 0 Å². The molecule has 0 aromatic heterocycles. The quantitative estimate of drug-likeness (QED) is 0.382. The molecule has 0 aromatic carbocycles. The summed E-state index contributed by atoms with van der Waals surface area (Å²) in [5.41, 5.74) is 0. The molecule has 0 heterocycles. The lowest BCUT2D eigenvalue weighted by atomic mass is 10.00. The zero-order valence-corrected chi connectivity index (χ0v) is 11.4. The Morgan fingerprint density at radius 2 is 2.13 bits per heavy atom. The van der Waals surface area contributed by atoms with Crippen LogP contribution in [0.3, 0.4) is 0 Å². The average Bonchev–Trinajstić information content (AvgIpc) is 2.26. The molecule has 1 unspecified atom stereocenters. The largest absolute Gasteiger partial charge is 0.103 e. The fourth-order valence-corrected chi connectivity index (χ4v) is 3.29. The van der Waals surface area contributed by atoms with E-state index in [-0.39, 0.29) is 5.04 Å². The van der Waals surface area contributed by atoms with Crippen molar-refractivity contribution in [1.29, 1.82) is 0 Å². The normalized spacial score (nSPS) is 24.0. The van der Waals surface area contributed by atoms with Crippen molar-refractivity contribution in [1.82, 2.24) is 0 Å². The summed E-state index contributed by atoms with van der Waals surface area (Å²) in [7, 11) is -0.751. The summed E-state index contributed by atoms with van der Waals surface area (Å²) >= 11 is 0. The lowest BCUT2D eigenvalue weighted by Gasteiger charge is -2.29. The van der Waals surface area contributed by atoms with Crippen molar-refractivity contribution in [2.24, 2.45) is 0 Å². The summed E-state index contributed by atoms with van der Waals surface area (Å²) in [6, 6.07) is 0. The first-order valence-electron chi connectivity index (χ1n) is 6.05. The van der Waals surface area contributed by atoms with Crippen LogP contribution in [0.2, 0.25) is 18.1 Å². The van der Waals surface area contributed by atoms with Gasteiger partial charge in [-0.05, 0) is 12.8 Å². The van der Waals surface area contributed by atoms with Crippen LogP contribution in [-0.2, 0) is 0 Å². The Balaban J connectivity index is 2.69. The summed E-state index contributed by atoms with van der Waals surface area (Å²) in [4.78, 5) is 0. The summed E-state index contributed by atoms with van der Waals surface area (Å²) in [6.45, 7) is 7.02. The Kier molecular flexibility index (Phi) is 4.91. The Labute approximate surface area is 96.1 Å². The van der Waals surface area contributed by atoms with Gasteiger partial charge in [-0.2, -0.15) is 0 Å². The van der Waals surface area contributed by atoms with Gasteiger partial charge in [-0.25, -0.2) is 0 Å². The molecular weight excluding hydrogens is 196 g/mol. The number of allylic oxidation sites excluding steroid dienone is 4. The maximum Gasteiger partial charge on any atom is 0.0574 e. The zero-order chi connectivity index (χ0) is 11.1. The van der Waals surface area contributed by atoms with Gasteiger partial charge in [0.1, 0.15) is 0 Å². The fraction of sp³-hybridized carbons (Fsp3) is 0.571. The van der Waals surface area contributed by atoms with E-state index < -0.39 is 8.80 Å². The molecule has 0 radical (unpaired) electrons. The highest BCUT2D eigenvalue weighted by atomic mass is 28.3. The second-order valence-electron chi connectivity index (χ2n) is 4.59. The summed E-state index contributed by atoms with van der Waals surface area (Å²) in [5.74, 6) is 6.92. The molecule has 1 rings (SSSR count). The van der Waals surface area contributed by atoms with Crippen molar-refractivity contribution in [3.8, 4) is 11.8 Å². The molecule has 0 aromatic rings. The van der Waals surface area contributed by atoms with E-state index in [0.717, 1.165) is 12.8 Å². The number of hydrogen-bond donors (Lipinski definition) is 0. The predicted molar refractivity (Wildman–Crippen MR) is 71.8 cm³/mol. The first-order valence-corrected chi connectivity index (χ1v) is 8.94. The highest BCUT2D eigenvalue weighted by Crippen LogP contribution is 2.38. The van der Waals surface area contributed by atoms with Crippen molar-refractivity contribution in [3.05, 3.63) is 24.3 Å². The standard InChI is InChI=1S/C14H22Si/c1-4-5-6-8-11-14(15(2)3)12-9-7-10-13-14/h7,9-10,12,15H,4-6,13H2,1-3H3. The van der Waals surface area contributed by atoms with E-state index in [9.17, 15) is 0 Å². The lowest BCUT2D eigenvalue weighted by molar-refractivity contribution is 0.818. The number of unbranched alkanes of at least 4 members (excludes halogenated alkanes) is 2. The van der Waals surface area contributed by atoms with Crippen molar-refractivity contribution >= 4 is 8.80 Å². The van der Waals surface area contributed by atoms with E-state index in [0.29, 0.717) is 0 Å². The van der Waals surface area contributed by atoms with Crippen LogP contribution in [0.15, 0.2) is 24.3 Å². The Hall–Kier alpha value is -0.743. The van der Waals surface area contributed by atoms with Gasteiger partial charge in [0.05, 0.1) is 8.80 Å². The Bertz CT molecular complexity index is 301. The molecule has 0 nitrogen and oxygen atoms in total. The van der Waals surface area contributed by atoms with Crippen LogP contribution in [0.25, 0.3) is 0 Å². The van der Waals surface area contributed by atoms with Crippen molar-refractivity contribution in [3.63, 3.8) is 0 Å². The van der Waals surface area contributed by atoms with E-state index in [2.05, 4.69) is 56.2 Å². The molecule has 1 aliphatic carbocycles. The maximum atomic E-state index is 3.54. The zero-order valence-electron chi connectivity index (χ0n) is 10.2.